The van der Waals surface area contributed by atoms with E-state index in [1.165, 1.54) is 0 Å². The van der Waals surface area contributed by atoms with Gasteiger partial charge < -0.3 is 10.0 Å². The molecule has 0 atom stereocenters. The van der Waals surface area contributed by atoms with E-state index in [2.05, 4.69) is 4.65 Å². The van der Waals surface area contributed by atoms with Gasteiger partial charge >= 0.3 is 0 Å². The molecule has 0 aliphatic heterocycles. The molecule has 56 valence electrons. The highest BCUT2D eigenvalue weighted by Crippen LogP contribution is 2.20. The van der Waals surface area contributed by atoms with Crippen molar-refractivity contribution in [2.24, 2.45) is 5.40 Å². The Morgan fingerprint density at radius 2 is 1.56 bits per heavy atom. The van der Waals surface area contributed by atoms with Gasteiger partial charge in [-0.25, -0.2) is 0 Å². The van der Waals surface area contributed by atoms with Crippen LogP contribution in [-0.2, 0) is 0 Å². The maximum absolute atomic E-state index is 5.94. The normalized spacial score (nSPS) is 14.0. The van der Waals surface area contributed by atoms with Crippen LogP contribution < -0.4 is 5.40 Å². The Hall–Kier alpha value is 0.644. The molecule has 9 heavy (non-hydrogen) atoms. The minimum Gasteiger partial charge on any atom is -0.642 e. The predicted octanol–water partition coefficient (Wildman–Crippen LogP) is 1.96. The van der Waals surface area contributed by atoms with E-state index in [9.17, 15) is 0 Å². The molecule has 0 aliphatic carbocycles. The van der Waals surface area contributed by atoms with Crippen molar-refractivity contribution in [2.75, 3.05) is 0 Å². The first-order valence-electron chi connectivity index (χ1n) is 2.92. The van der Waals surface area contributed by atoms with Crippen LogP contribution in [0.2, 0.25) is 26.2 Å². The van der Waals surface area contributed by atoms with Crippen molar-refractivity contribution in [3.05, 3.63) is 4.65 Å². The second kappa shape index (κ2) is 2.71. The van der Waals surface area contributed by atoms with Gasteiger partial charge in [-0.05, 0) is 0 Å². The maximum Gasteiger partial charge on any atom is 0.0405 e. The number of halogens is 1. The zero-order valence-corrected chi connectivity index (χ0v) is 9.16. The molecule has 0 radical (unpaired) electrons. The highest BCUT2D eigenvalue weighted by atomic mass is 35.6. The van der Waals surface area contributed by atoms with Crippen molar-refractivity contribution in [1.82, 2.24) is 0 Å². The molecule has 0 aliphatic rings. The molecule has 2 nitrogen and oxygen atoms in total. The molecule has 0 aromatic heterocycles. The fraction of sp³-hybridized carbons (Fsp3) is 1.00. The van der Waals surface area contributed by atoms with Crippen LogP contribution >= 0.6 is 11.1 Å². The molecular formula is C4H14ClN2Si2-. The van der Waals surface area contributed by atoms with E-state index in [1.54, 1.807) is 0 Å². The molecule has 0 saturated heterocycles. The van der Waals surface area contributed by atoms with Crippen LogP contribution in [0.4, 0.5) is 0 Å². The highest BCUT2D eigenvalue weighted by Gasteiger charge is 2.10. The minimum atomic E-state index is -1.76. The first-order valence-corrected chi connectivity index (χ1v) is 9.91. The largest absolute Gasteiger partial charge is 0.642 e. The van der Waals surface area contributed by atoms with Crippen LogP contribution in [0.1, 0.15) is 0 Å². The van der Waals surface area contributed by atoms with Crippen molar-refractivity contribution in [1.29, 1.82) is 0 Å². The van der Waals surface area contributed by atoms with E-state index in [-0.39, 0.29) is 0 Å². The fourth-order valence-electron chi connectivity index (χ4n) is 0.685. The summed E-state index contributed by atoms with van der Waals surface area (Å²) in [5.41, 5.74) is 0. The third-order valence-electron chi connectivity index (χ3n) is 0.554. The Morgan fingerprint density at radius 1 is 1.22 bits per heavy atom. The summed E-state index contributed by atoms with van der Waals surface area (Å²) in [7, 11) is -3.50. The Bertz CT molecular complexity index is 81.7. The topological polar surface area (TPSA) is 40.1 Å². The lowest BCUT2D eigenvalue weighted by Crippen LogP contribution is -2.43. The minimum absolute atomic E-state index is 1.74. The first-order chi connectivity index (χ1) is 3.71. The Kier molecular flexibility index (Phi) is 2.91. The van der Waals surface area contributed by atoms with E-state index in [0.717, 1.165) is 0 Å². The lowest BCUT2D eigenvalue weighted by Gasteiger charge is -2.42. The van der Waals surface area contributed by atoms with Crippen molar-refractivity contribution >= 4 is 27.0 Å². The average Bonchev–Trinajstić information content (AvgIpc) is 1.14. The number of rotatable bonds is 2. The molecule has 0 aromatic rings. The van der Waals surface area contributed by atoms with Gasteiger partial charge in [0.2, 0.25) is 0 Å². The van der Waals surface area contributed by atoms with Gasteiger partial charge in [-0.3, -0.25) is 0 Å². The van der Waals surface area contributed by atoms with Crippen LogP contribution in [0.15, 0.2) is 0 Å². The van der Waals surface area contributed by atoms with Crippen molar-refractivity contribution < 1.29 is 0 Å². The summed E-state index contributed by atoms with van der Waals surface area (Å²) in [6.45, 7) is 7.95. The zero-order chi connectivity index (χ0) is 7.71. The van der Waals surface area contributed by atoms with Gasteiger partial charge in [0.1, 0.15) is 0 Å². The van der Waals surface area contributed by atoms with Gasteiger partial charge in [0.25, 0.3) is 0 Å². The Morgan fingerprint density at radius 3 is 1.56 bits per heavy atom. The van der Waals surface area contributed by atoms with Gasteiger partial charge in [0.15, 0.2) is 0 Å². The van der Waals surface area contributed by atoms with E-state index in [0.29, 0.717) is 0 Å². The summed E-state index contributed by atoms with van der Waals surface area (Å²) >= 11 is 5.94. The molecule has 0 spiro atoms. The van der Waals surface area contributed by atoms with Crippen LogP contribution in [0, 0.1) is 0 Å². The SMILES string of the molecule is C[Si](C)(N)[N-][Si](C)(C)Cl. The molecule has 0 bridgehead atoms. The number of hydrogen-bond acceptors (Lipinski definition) is 1. The molecule has 0 aromatic carbocycles. The quantitative estimate of drug-likeness (QED) is 0.514. The number of nitrogens with zero attached hydrogens (tertiary/aromatic N) is 1. The van der Waals surface area contributed by atoms with Gasteiger partial charge in [0, 0.05) is 15.9 Å². The van der Waals surface area contributed by atoms with Gasteiger partial charge in [-0.15, -0.1) is 0 Å². The van der Waals surface area contributed by atoms with E-state index < -0.39 is 15.9 Å². The average molecular weight is 182 g/mol. The smallest absolute Gasteiger partial charge is 0.0405 e. The standard InChI is InChI=1S/C4H14ClN2Si2/c1-8(2,5)7-9(3,4)6/h6H2,1-4H3/q-1. The van der Waals surface area contributed by atoms with E-state index >= 15 is 0 Å². The molecule has 0 saturated carbocycles. The highest BCUT2D eigenvalue weighted by molar-refractivity contribution is 7.27. The zero-order valence-electron chi connectivity index (χ0n) is 6.40. The Balaban J connectivity index is 3.75. The lowest BCUT2D eigenvalue weighted by atomic mass is 11.9. The molecule has 5 heteroatoms. The summed E-state index contributed by atoms with van der Waals surface area (Å²) in [6, 6.07) is 0. The molecule has 0 fully saturated rings. The van der Waals surface area contributed by atoms with Gasteiger partial charge in [-0.1, -0.05) is 26.2 Å². The fourth-order valence-corrected chi connectivity index (χ4v) is 8.13. The van der Waals surface area contributed by atoms with E-state index in [1.807, 2.05) is 26.2 Å². The van der Waals surface area contributed by atoms with Crippen LogP contribution in [0.5, 0.6) is 0 Å². The molecule has 2 N–H and O–H groups in total. The summed E-state index contributed by atoms with van der Waals surface area (Å²) in [5, 5.41) is 5.74. The van der Waals surface area contributed by atoms with Gasteiger partial charge in [0.05, 0.1) is 0 Å². The van der Waals surface area contributed by atoms with Crippen molar-refractivity contribution in [3.63, 3.8) is 0 Å². The Labute approximate surface area is 63.7 Å². The molecule has 0 heterocycles. The summed E-state index contributed by atoms with van der Waals surface area (Å²) in [5.74, 6) is 0. The number of hydrogen-bond donors (Lipinski definition) is 1. The third-order valence-corrected chi connectivity index (χ3v) is 5.75. The molecular weight excluding hydrogens is 168 g/mol. The van der Waals surface area contributed by atoms with Crippen LogP contribution in [-0.4, -0.2) is 15.9 Å². The van der Waals surface area contributed by atoms with Crippen molar-refractivity contribution in [3.8, 4) is 0 Å². The third kappa shape index (κ3) is 8.64. The van der Waals surface area contributed by atoms with E-state index in [4.69, 9.17) is 16.5 Å². The predicted molar refractivity (Wildman–Crippen MR) is 48.4 cm³/mol. The molecule has 0 amide bonds. The monoisotopic (exact) mass is 181 g/mol. The number of nitrogens with two attached hydrogens (primary N) is 1. The summed E-state index contributed by atoms with van der Waals surface area (Å²) < 4.78 is 4.36. The summed E-state index contributed by atoms with van der Waals surface area (Å²) in [4.78, 5) is 0. The lowest BCUT2D eigenvalue weighted by molar-refractivity contribution is 1.61. The maximum atomic E-state index is 5.94. The second-order valence-corrected chi connectivity index (χ2v) is 13.0. The molecule has 0 unspecified atom stereocenters. The van der Waals surface area contributed by atoms with Gasteiger partial charge in [-0.2, -0.15) is 11.1 Å². The first kappa shape index (κ1) is 9.64. The van der Waals surface area contributed by atoms with Crippen LogP contribution in [0.3, 0.4) is 0 Å². The van der Waals surface area contributed by atoms with Crippen molar-refractivity contribution in [2.45, 2.75) is 26.2 Å². The molecule has 0 rings (SSSR count). The second-order valence-electron chi connectivity index (χ2n) is 3.18. The summed E-state index contributed by atoms with van der Waals surface area (Å²) in [6.07, 6.45) is 0. The van der Waals surface area contributed by atoms with Crippen LogP contribution in [0.25, 0.3) is 4.65 Å².